The average molecular weight is 482 g/mol. The number of aromatic nitrogens is 2. The molecule has 0 spiro atoms. The predicted molar refractivity (Wildman–Crippen MR) is 131 cm³/mol. The highest BCUT2D eigenvalue weighted by Crippen LogP contribution is 2.23. The van der Waals surface area contributed by atoms with Crippen molar-refractivity contribution in [2.75, 3.05) is 0 Å². The van der Waals surface area contributed by atoms with Crippen molar-refractivity contribution in [3.05, 3.63) is 106 Å². The number of hydrogen-bond donors (Lipinski definition) is 2. The van der Waals surface area contributed by atoms with Crippen LogP contribution in [0, 0.1) is 0 Å². The Hall–Kier alpha value is -3.48. The van der Waals surface area contributed by atoms with Crippen LogP contribution in [0.1, 0.15) is 28.7 Å². The molecular formula is C25H21Cl2N3O3. The van der Waals surface area contributed by atoms with Crippen LogP contribution in [0.3, 0.4) is 0 Å². The third-order valence-electron chi connectivity index (χ3n) is 4.74. The lowest BCUT2D eigenvalue weighted by Gasteiger charge is -2.08. The monoisotopic (exact) mass is 481 g/mol. The first-order chi connectivity index (χ1) is 15.8. The minimum atomic E-state index is -1.08. The molecule has 3 aromatic rings. The number of rotatable bonds is 8. The highest BCUT2D eigenvalue weighted by atomic mass is 35.5. The van der Waals surface area contributed by atoms with E-state index in [0.717, 1.165) is 10.8 Å². The molecule has 0 unspecified atom stereocenters. The summed E-state index contributed by atoms with van der Waals surface area (Å²) in [7, 11) is 0. The maximum atomic E-state index is 12.7. The zero-order valence-electron chi connectivity index (χ0n) is 17.8. The lowest BCUT2D eigenvalue weighted by molar-refractivity contribution is -0.136. The molecule has 2 N–H and O–H groups in total. The summed E-state index contributed by atoms with van der Waals surface area (Å²) in [6.45, 7) is 5.78. The number of benzene rings is 2. The van der Waals surface area contributed by atoms with Crippen LogP contribution in [0.5, 0.6) is 0 Å². The van der Waals surface area contributed by atoms with Gasteiger partial charge in [0, 0.05) is 23.2 Å². The van der Waals surface area contributed by atoms with Crippen LogP contribution in [0.15, 0.2) is 78.5 Å². The number of amides is 1. The predicted octanol–water partition coefficient (Wildman–Crippen LogP) is 5.55. The standard InChI is InChI=1S/C25H21Cl2N3O3/c1-3-19(28-25(33)18-10-9-16-6-4-5-7-17(16)13-18)11-8-15(2)12-21-29-23(26)20(14-22(31)32)24(27)30-21/h3-11,13H,2,12,14H2,1H3,(H,28,33)(H,31,32). The van der Waals surface area contributed by atoms with E-state index < -0.39 is 5.97 Å². The molecule has 2 aromatic carbocycles. The summed E-state index contributed by atoms with van der Waals surface area (Å²) in [5, 5.41) is 13.9. The van der Waals surface area contributed by atoms with Gasteiger partial charge >= 0.3 is 5.97 Å². The van der Waals surface area contributed by atoms with Gasteiger partial charge in [0.05, 0.1) is 6.42 Å². The van der Waals surface area contributed by atoms with Gasteiger partial charge in [-0.25, -0.2) is 9.97 Å². The molecule has 3 rings (SSSR count). The van der Waals surface area contributed by atoms with Crippen molar-refractivity contribution in [2.24, 2.45) is 0 Å². The molecule has 8 heteroatoms. The Labute approximate surface area is 201 Å². The Morgan fingerprint density at radius 1 is 1.03 bits per heavy atom. The third kappa shape index (κ3) is 6.51. The van der Waals surface area contributed by atoms with E-state index in [-0.39, 0.29) is 34.6 Å². The third-order valence-corrected chi connectivity index (χ3v) is 5.37. The molecule has 0 aliphatic rings. The number of aliphatic carboxylic acids is 1. The van der Waals surface area contributed by atoms with Gasteiger partial charge in [0.15, 0.2) is 0 Å². The fraction of sp³-hybridized carbons (Fsp3) is 0.120. The molecule has 0 bridgehead atoms. The van der Waals surface area contributed by atoms with E-state index in [1.807, 2.05) is 43.3 Å². The Balaban J connectivity index is 1.65. The van der Waals surface area contributed by atoms with E-state index in [1.54, 1.807) is 24.3 Å². The molecule has 33 heavy (non-hydrogen) atoms. The van der Waals surface area contributed by atoms with Gasteiger partial charge in [0.25, 0.3) is 5.91 Å². The van der Waals surface area contributed by atoms with Gasteiger partial charge in [-0.05, 0) is 41.5 Å². The SMILES string of the molecule is C=C(C=CC(=CC)NC(=O)c1ccc2ccccc2c1)Cc1nc(Cl)c(CC(=O)O)c(Cl)n1. The number of nitrogens with one attached hydrogen (secondary N) is 1. The van der Waals surface area contributed by atoms with Gasteiger partial charge in [0.2, 0.25) is 0 Å². The van der Waals surface area contributed by atoms with Crippen molar-refractivity contribution in [1.29, 1.82) is 0 Å². The number of carbonyl (C=O) groups is 2. The minimum Gasteiger partial charge on any atom is -0.481 e. The lowest BCUT2D eigenvalue weighted by atomic mass is 10.1. The van der Waals surface area contributed by atoms with Crippen LogP contribution in [-0.2, 0) is 17.6 Å². The van der Waals surface area contributed by atoms with Crippen molar-refractivity contribution in [2.45, 2.75) is 19.8 Å². The van der Waals surface area contributed by atoms with Gasteiger partial charge in [-0.15, -0.1) is 0 Å². The Morgan fingerprint density at radius 2 is 1.70 bits per heavy atom. The number of allylic oxidation sites excluding steroid dienone is 4. The number of carboxylic acids is 1. The molecule has 0 saturated carbocycles. The molecule has 0 radical (unpaired) electrons. The minimum absolute atomic E-state index is 0.000899. The van der Waals surface area contributed by atoms with Crippen molar-refractivity contribution in [3.8, 4) is 0 Å². The maximum absolute atomic E-state index is 12.7. The normalized spacial score (nSPS) is 11.7. The summed E-state index contributed by atoms with van der Waals surface area (Å²) < 4.78 is 0. The Kier molecular flexibility index (Phi) is 7.98. The summed E-state index contributed by atoms with van der Waals surface area (Å²) in [4.78, 5) is 31.8. The van der Waals surface area contributed by atoms with Crippen LogP contribution < -0.4 is 5.32 Å². The molecule has 168 valence electrons. The Morgan fingerprint density at radius 3 is 2.33 bits per heavy atom. The van der Waals surface area contributed by atoms with Crippen molar-refractivity contribution >= 4 is 45.9 Å². The molecule has 6 nitrogen and oxygen atoms in total. The first kappa shape index (κ1) is 24.2. The molecule has 1 aromatic heterocycles. The largest absolute Gasteiger partial charge is 0.481 e. The van der Waals surface area contributed by atoms with Crippen LogP contribution in [0.25, 0.3) is 10.8 Å². The van der Waals surface area contributed by atoms with Crippen molar-refractivity contribution in [3.63, 3.8) is 0 Å². The zero-order chi connectivity index (χ0) is 24.0. The highest BCUT2D eigenvalue weighted by molar-refractivity contribution is 6.34. The average Bonchev–Trinajstić information content (AvgIpc) is 2.78. The molecule has 0 atom stereocenters. The van der Waals surface area contributed by atoms with Gasteiger partial charge in [-0.2, -0.15) is 0 Å². The fourth-order valence-electron chi connectivity index (χ4n) is 3.06. The number of nitrogens with zero attached hydrogens (tertiary/aromatic N) is 2. The van der Waals surface area contributed by atoms with Gasteiger partial charge in [-0.1, -0.05) is 72.3 Å². The first-order valence-electron chi connectivity index (χ1n) is 10.0. The molecule has 0 aliphatic heterocycles. The highest BCUT2D eigenvalue weighted by Gasteiger charge is 2.15. The van der Waals surface area contributed by atoms with Gasteiger partial charge < -0.3 is 10.4 Å². The van der Waals surface area contributed by atoms with E-state index in [0.29, 0.717) is 22.7 Å². The van der Waals surface area contributed by atoms with E-state index in [1.165, 1.54) is 0 Å². The van der Waals surface area contributed by atoms with Crippen molar-refractivity contribution in [1.82, 2.24) is 15.3 Å². The van der Waals surface area contributed by atoms with E-state index in [9.17, 15) is 9.59 Å². The maximum Gasteiger partial charge on any atom is 0.308 e. The second kappa shape index (κ2) is 10.9. The molecular weight excluding hydrogens is 461 g/mol. The van der Waals surface area contributed by atoms with E-state index in [2.05, 4.69) is 21.9 Å². The number of carbonyl (C=O) groups excluding carboxylic acids is 1. The molecule has 0 fully saturated rings. The second-order valence-corrected chi connectivity index (χ2v) is 7.91. The van der Waals surface area contributed by atoms with E-state index in [4.69, 9.17) is 28.3 Å². The number of hydrogen-bond acceptors (Lipinski definition) is 4. The van der Waals surface area contributed by atoms with Crippen LogP contribution in [0.4, 0.5) is 0 Å². The second-order valence-electron chi connectivity index (χ2n) is 7.20. The van der Waals surface area contributed by atoms with Crippen LogP contribution in [0.2, 0.25) is 10.3 Å². The summed E-state index contributed by atoms with van der Waals surface area (Å²) in [5.74, 6) is -0.983. The summed E-state index contributed by atoms with van der Waals surface area (Å²) in [6.07, 6.45) is 5.11. The number of halogens is 2. The summed E-state index contributed by atoms with van der Waals surface area (Å²) in [6, 6.07) is 13.4. The fourth-order valence-corrected chi connectivity index (χ4v) is 3.62. The molecule has 1 amide bonds. The zero-order valence-corrected chi connectivity index (χ0v) is 19.3. The molecule has 1 heterocycles. The lowest BCUT2D eigenvalue weighted by Crippen LogP contribution is -2.21. The number of carboxylic acid groups (broad SMARTS) is 1. The summed E-state index contributed by atoms with van der Waals surface area (Å²) in [5.41, 5.74) is 1.97. The van der Waals surface area contributed by atoms with Gasteiger partial charge in [0.1, 0.15) is 16.1 Å². The van der Waals surface area contributed by atoms with Crippen LogP contribution in [-0.4, -0.2) is 27.0 Å². The molecule has 0 saturated heterocycles. The molecule has 0 aliphatic carbocycles. The summed E-state index contributed by atoms with van der Waals surface area (Å²) >= 11 is 12.1. The van der Waals surface area contributed by atoms with E-state index >= 15 is 0 Å². The smallest absolute Gasteiger partial charge is 0.308 e. The Bertz CT molecular complexity index is 1280. The van der Waals surface area contributed by atoms with Crippen molar-refractivity contribution < 1.29 is 14.7 Å². The quantitative estimate of drug-likeness (QED) is 0.324. The van der Waals surface area contributed by atoms with Gasteiger partial charge in [-0.3, -0.25) is 9.59 Å². The van der Waals surface area contributed by atoms with Crippen LogP contribution >= 0.6 is 23.2 Å². The topological polar surface area (TPSA) is 92.2 Å². The first-order valence-corrected chi connectivity index (χ1v) is 10.8. The number of fused-ring (bicyclic) bond motifs is 1.